The molecule has 2 aromatic carbocycles. The summed E-state index contributed by atoms with van der Waals surface area (Å²) in [5.74, 6) is -1.70. The second-order valence-electron chi connectivity index (χ2n) is 4.61. The maximum atomic E-state index is 11.8. The van der Waals surface area contributed by atoms with Gasteiger partial charge >= 0.3 is 11.8 Å². The molecule has 0 saturated heterocycles. The standard InChI is InChI=1S/C16H13Cl2N3O2/c1-10-5-2-3-8-13(10)20-15(22)16(23)21-19-9-11-6-4-7-12(17)14(11)18/h2-9H,1H3,(H,20,22)(H,21,23)/b19-9-. The molecule has 0 aromatic heterocycles. The van der Waals surface area contributed by atoms with Gasteiger partial charge in [0.1, 0.15) is 0 Å². The van der Waals surface area contributed by atoms with E-state index in [-0.39, 0.29) is 0 Å². The average molecular weight is 350 g/mol. The third-order valence-electron chi connectivity index (χ3n) is 2.95. The van der Waals surface area contributed by atoms with E-state index in [9.17, 15) is 9.59 Å². The summed E-state index contributed by atoms with van der Waals surface area (Å²) in [5, 5.41) is 6.90. The van der Waals surface area contributed by atoms with Crippen LogP contribution in [0.25, 0.3) is 0 Å². The molecular formula is C16H13Cl2N3O2. The van der Waals surface area contributed by atoms with Crippen molar-refractivity contribution in [2.45, 2.75) is 6.92 Å². The molecule has 2 aromatic rings. The number of aryl methyl sites for hydroxylation is 1. The zero-order valence-corrected chi connectivity index (χ0v) is 13.7. The second-order valence-corrected chi connectivity index (χ2v) is 5.40. The average Bonchev–Trinajstić information content (AvgIpc) is 2.53. The number of amides is 2. The topological polar surface area (TPSA) is 70.6 Å². The van der Waals surface area contributed by atoms with E-state index in [2.05, 4.69) is 15.8 Å². The predicted molar refractivity (Wildman–Crippen MR) is 92.0 cm³/mol. The predicted octanol–water partition coefficient (Wildman–Crippen LogP) is 3.39. The minimum Gasteiger partial charge on any atom is -0.317 e. The van der Waals surface area contributed by atoms with Crippen LogP contribution < -0.4 is 10.7 Å². The second kappa shape index (κ2) is 7.76. The van der Waals surface area contributed by atoms with E-state index in [0.29, 0.717) is 21.3 Å². The van der Waals surface area contributed by atoms with Crippen molar-refractivity contribution in [1.82, 2.24) is 5.43 Å². The Labute approximate surface area is 143 Å². The van der Waals surface area contributed by atoms with Gasteiger partial charge in [-0.25, -0.2) is 5.43 Å². The third-order valence-corrected chi connectivity index (χ3v) is 3.78. The number of rotatable bonds is 3. The van der Waals surface area contributed by atoms with Crippen LogP contribution in [0.4, 0.5) is 5.69 Å². The molecule has 2 N–H and O–H groups in total. The zero-order chi connectivity index (χ0) is 16.8. The van der Waals surface area contributed by atoms with Crippen LogP contribution in [0.3, 0.4) is 0 Å². The lowest BCUT2D eigenvalue weighted by Crippen LogP contribution is -2.32. The minimum atomic E-state index is -0.886. The van der Waals surface area contributed by atoms with Crippen molar-refractivity contribution in [3.63, 3.8) is 0 Å². The monoisotopic (exact) mass is 349 g/mol. The van der Waals surface area contributed by atoms with Crippen molar-refractivity contribution in [2.75, 3.05) is 5.32 Å². The number of hydrazone groups is 1. The molecule has 0 aliphatic carbocycles. The van der Waals surface area contributed by atoms with E-state index in [1.807, 2.05) is 19.1 Å². The number of para-hydroxylation sites is 1. The summed E-state index contributed by atoms with van der Waals surface area (Å²) in [5.41, 5.74) is 4.07. The van der Waals surface area contributed by atoms with Crippen molar-refractivity contribution in [3.05, 3.63) is 63.6 Å². The highest BCUT2D eigenvalue weighted by molar-refractivity contribution is 6.43. The van der Waals surface area contributed by atoms with Crippen LogP contribution in [-0.4, -0.2) is 18.0 Å². The van der Waals surface area contributed by atoms with Crippen molar-refractivity contribution < 1.29 is 9.59 Å². The van der Waals surface area contributed by atoms with Gasteiger partial charge < -0.3 is 5.32 Å². The molecule has 0 atom stereocenters. The molecule has 2 rings (SSSR count). The summed E-state index contributed by atoms with van der Waals surface area (Å²) in [6, 6.07) is 12.1. The van der Waals surface area contributed by atoms with Gasteiger partial charge in [0.15, 0.2) is 0 Å². The summed E-state index contributed by atoms with van der Waals surface area (Å²) >= 11 is 11.8. The van der Waals surface area contributed by atoms with Crippen LogP contribution in [0.15, 0.2) is 47.6 Å². The van der Waals surface area contributed by atoms with Crippen molar-refractivity contribution in [1.29, 1.82) is 0 Å². The van der Waals surface area contributed by atoms with Gasteiger partial charge in [0.05, 0.1) is 16.3 Å². The van der Waals surface area contributed by atoms with Crippen LogP contribution in [0.1, 0.15) is 11.1 Å². The van der Waals surface area contributed by atoms with Crippen LogP contribution in [0.5, 0.6) is 0 Å². The fourth-order valence-electron chi connectivity index (χ4n) is 1.72. The van der Waals surface area contributed by atoms with Gasteiger partial charge in [0.2, 0.25) is 0 Å². The van der Waals surface area contributed by atoms with Gasteiger partial charge in [0.25, 0.3) is 0 Å². The van der Waals surface area contributed by atoms with Gasteiger partial charge in [-0.1, -0.05) is 53.5 Å². The molecule has 7 heteroatoms. The Balaban J connectivity index is 1.96. The normalized spacial score (nSPS) is 10.6. The highest BCUT2D eigenvalue weighted by atomic mass is 35.5. The van der Waals surface area contributed by atoms with Gasteiger partial charge in [-0.05, 0) is 24.6 Å². The molecule has 0 aliphatic heterocycles. The number of nitrogens with one attached hydrogen (secondary N) is 2. The number of hydrogen-bond donors (Lipinski definition) is 2. The van der Waals surface area contributed by atoms with Crippen LogP contribution in [-0.2, 0) is 9.59 Å². The molecule has 0 saturated carbocycles. The Morgan fingerprint density at radius 3 is 2.52 bits per heavy atom. The first-order chi connectivity index (χ1) is 11.0. The van der Waals surface area contributed by atoms with Gasteiger partial charge in [-0.2, -0.15) is 5.10 Å². The lowest BCUT2D eigenvalue weighted by atomic mass is 10.2. The van der Waals surface area contributed by atoms with E-state index in [0.717, 1.165) is 5.56 Å². The molecule has 0 spiro atoms. The van der Waals surface area contributed by atoms with Crippen LogP contribution in [0.2, 0.25) is 10.0 Å². The smallest absolute Gasteiger partial charge is 0.317 e. The number of anilines is 1. The Bertz CT molecular complexity index is 776. The number of nitrogens with zero attached hydrogens (tertiary/aromatic N) is 1. The molecule has 0 radical (unpaired) electrons. The lowest BCUT2D eigenvalue weighted by molar-refractivity contribution is -0.136. The quantitative estimate of drug-likeness (QED) is 0.506. The summed E-state index contributed by atoms with van der Waals surface area (Å²) in [7, 11) is 0. The molecule has 5 nitrogen and oxygen atoms in total. The summed E-state index contributed by atoms with van der Waals surface area (Å²) in [4.78, 5) is 23.5. The van der Waals surface area contributed by atoms with E-state index >= 15 is 0 Å². The summed E-state index contributed by atoms with van der Waals surface area (Å²) in [6.07, 6.45) is 1.31. The maximum absolute atomic E-state index is 11.8. The van der Waals surface area contributed by atoms with E-state index in [1.54, 1.807) is 30.3 Å². The highest BCUT2D eigenvalue weighted by Gasteiger charge is 2.13. The molecule has 0 fully saturated rings. The first-order valence-corrected chi connectivity index (χ1v) is 7.38. The molecule has 2 amide bonds. The van der Waals surface area contributed by atoms with Gasteiger partial charge in [-0.15, -0.1) is 0 Å². The molecular weight excluding hydrogens is 337 g/mol. The zero-order valence-electron chi connectivity index (χ0n) is 12.1. The molecule has 0 aliphatic rings. The summed E-state index contributed by atoms with van der Waals surface area (Å²) in [6.45, 7) is 1.83. The number of halogens is 2. The fraction of sp³-hybridized carbons (Fsp3) is 0.0625. The van der Waals surface area contributed by atoms with E-state index in [4.69, 9.17) is 23.2 Å². The van der Waals surface area contributed by atoms with Gasteiger partial charge in [0, 0.05) is 11.3 Å². The van der Waals surface area contributed by atoms with Crippen LogP contribution >= 0.6 is 23.2 Å². The van der Waals surface area contributed by atoms with E-state index < -0.39 is 11.8 Å². The number of carbonyl (C=O) groups excluding carboxylic acids is 2. The lowest BCUT2D eigenvalue weighted by Gasteiger charge is -2.06. The first-order valence-electron chi connectivity index (χ1n) is 6.63. The maximum Gasteiger partial charge on any atom is 0.329 e. The molecule has 118 valence electrons. The van der Waals surface area contributed by atoms with Crippen molar-refractivity contribution in [3.8, 4) is 0 Å². The SMILES string of the molecule is Cc1ccccc1NC(=O)C(=O)N/N=C\c1cccc(Cl)c1Cl. The third kappa shape index (κ3) is 4.55. The Hall–Kier alpha value is -2.37. The minimum absolute atomic E-state index is 0.316. The number of carbonyl (C=O) groups is 2. The largest absolute Gasteiger partial charge is 0.329 e. The number of benzene rings is 2. The fourth-order valence-corrected chi connectivity index (χ4v) is 2.08. The van der Waals surface area contributed by atoms with Gasteiger partial charge in [-0.3, -0.25) is 9.59 Å². The summed E-state index contributed by atoms with van der Waals surface area (Å²) < 4.78 is 0. The molecule has 0 unspecified atom stereocenters. The van der Waals surface area contributed by atoms with Crippen molar-refractivity contribution in [2.24, 2.45) is 5.10 Å². The van der Waals surface area contributed by atoms with E-state index in [1.165, 1.54) is 6.21 Å². The van der Waals surface area contributed by atoms with Crippen molar-refractivity contribution >= 4 is 46.9 Å². The Kier molecular flexibility index (Phi) is 5.73. The Morgan fingerprint density at radius 2 is 1.78 bits per heavy atom. The first kappa shape index (κ1) is 17.0. The number of hydrogen-bond acceptors (Lipinski definition) is 3. The van der Waals surface area contributed by atoms with Crippen LogP contribution in [0, 0.1) is 6.92 Å². The molecule has 0 heterocycles. The Morgan fingerprint density at radius 1 is 1.04 bits per heavy atom. The molecule has 23 heavy (non-hydrogen) atoms. The molecule has 0 bridgehead atoms. The highest BCUT2D eigenvalue weighted by Crippen LogP contribution is 2.24.